The lowest BCUT2D eigenvalue weighted by molar-refractivity contribution is 0.866. The first-order valence-corrected chi connectivity index (χ1v) is 7.27. The Morgan fingerprint density at radius 3 is 2.67 bits per heavy atom. The molecule has 100 valence electrons. The molecule has 1 aromatic carbocycles. The molecule has 0 heterocycles. The molecule has 0 amide bonds. The average Bonchev–Trinajstić information content (AvgIpc) is 2.33. The Morgan fingerprint density at radius 2 is 2.17 bits per heavy atom. The Labute approximate surface area is 118 Å². The van der Waals surface area contributed by atoms with Crippen molar-refractivity contribution in [2.75, 3.05) is 23.3 Å². The molecule has 1 rings (SSSR count). The fourth-order valence-electron chi connectivity index (χ4n) is 1.72. The van der Waals surface area contributed by atoms with E-state index in [1.807, 2.05) is 18.2 Å². The van der Waals surface area contributed by atoms with Crippen LogP contribution in [0.5, 0.6) is 0 Å². The van der Waals surface area contributed by atoms with Crippen molar-refractivity contribution in [3.8, 4) is 0 Å². The Hall–Kier alpha value is -0.840. The summed E-state index contributed by atoms with van der Waals surface area (Å²) in [4.78, 5) is 2.21. The molecular formula is C13H20ClN3S. The van der Waals surface area contributed by atoms with Crippen LogP contribution < -0.4 is 16.0 Å². The average molecular weight is 286 g/mol. The molecule has 0 spiro atoms. The number of nitrogens with two attached hydrogens (primary N) is 1. The zero-order chi connectivity index (χ0) is 13.5. The van der Waals surface area contributed by atoms with Crippen LogP contribution in [0, 0.1) is 0 Å². The molecule has 1 unspecified atom stereocenters. The number of nitrogens with zero attached hydrogens (tertiary/aromatic N) is 1. The maximum absolute atomic E-state index is 6.29. The van der Waals surface area contributed by atoms with Crippen LogP contribution in [0.3, 0.4) is 0 Å². The van der Waals surface area contributed by atoms with Crippen molar-refractivity contribution in [2.45, 2.75) is 19.3 Å². The third kappa shape index (κ3) is 4.12. The molecule has 0 aliphatic heterocycles. The standard InChI is InChI=1S/C13H20ClN3S/c1-4-17(5-2)12-8-7-10(9-11(12)14)16-13(15)18-6-3/h6-9,13,16H,3-5,15H2,1-2H3. The van der Waals surface area contributed by atoms with E-state index in [1.54, 1.807) is 5.41 Å². The Bertz CT molecular complexity index is 394. The summed E-state index contributed by atoms with van der Waals surface area (Å²) in [5.41, 5.74) is 7.60. The fraction of sp³-hybridized carbons (Fsp3) is 0.385. The van der Waals surface area contributed by atoms with Crippen molar-refractivity contribution in [1.82, 2.24) is 0 Å². The summed E-state index contributed by atoms with van der Waals surface area (Å²) >= 11 is 7.72. The van der Waals surface area contributed by atoms with Gasteiger partial charge in [0, 0.05) is 18.8 Å². The van der Waals surface area contributed by atoms with Gasteiger partial charge in [-0.05, 0) is 37.5 Å². The topological polar surface area (TPSA) is 41.3 Å². The highest BCUT2D eigenvalue weighted by Gasteiger charge is 2.08. The summed E-state index contributed by atoms with van der Waals surface area (Å²) in [5.74, 6) is 0. The van der Waals surface area contributed by atoms with Gasteiger partial charge in [-0.3, -0.25) is 0 Å². The van der Waals surface area contributed by atoms with Crippen molar-refractivity contribution >= 4 is 34.7 Å². The second-order valence-corrected chi connectivity index (χ2v) is 5.23. The van der Waals surface area contributed by atoms with Crippen LogP contribution in [0.2, 0.25) is 5.02 Å². The van der Waals surface area contributed by atoms with E-state index in [2.05, 4.69) is 30.6 Å². The van der Waals surface area contributed by atoms with Gasteiger partial charge in [0.05, 0.1) is 10.7 Å². The Balaban J connectivity index is 2.81. The lowest BCUT2D eigenvalue weighted by Gasteiger charge is -2.23. The minimum atomic E-state index is -0.210. The molecule has 0 radical (unpaired) electrons. The van der Waals surface area contributed by atoms with Crippen molar-refractivity contribution in [3.05, 3.63) is 35.2 Å². The molecule has 0 aromatic heterocycles. The first kappa shape index (κ1) is 15.2. The number of halogens is 1. The number of hydrogen-bond donors (Lipinski definition) is 2. The van der Waals surface area contributed by atoms with Gasteiger partial charge in [0.1, 0.15) is 5.50 Å². The van der Waals surface area contributed by atoms with E-state index in [9.17, 15) is 0 Å². The summed E-state index contributed by atoms with van der Waals surface area (Å²) in [6.07, 6.45) is 0. The smallest absolute Gasteiger partial charge is 0.127 e. The number of benzene rings is 1. The molecule has 0 saturated heterocycles. The Morgan fingerprint density at radius 1 is 1.50 bits per heavy atom. The lowest BCUT2D eigenvalue weighted by atomic mass is 10.2. The van der Waals surface area contributed by atoms with Gasteiger partial charge >= 0.3 is 0 Å². The van der Waals surface area contributed by atoms with Crippen molar-refractivity contribution < 1.29 is 0 Å². The van der Waals surface area contributed by atoms with Crippen LogP contribution in [0.4, 0.5) is 11.4 Å². The van der Waals surface area contributed by atoms with Crippen LogP contribution >= 0.6 is 23.4 Å². The van der Waals surface area contributed by atoms with E-state index in [-0.39, 0.29) is 5.50 Å². The minimum Gasteiger partial charge on any atom is -0.371 e. The lowest BCUT2D eigenvalue weighted by Crippen LogP contribution is -2.25. The number of nitrogens with one attached hydrogen (secondary N) is 1. The third-order valence-electron chi connectivity index (χ3n) is 2.60. The van der Waals surface area contributed by atoms with Crippen molar-refractivity contribution in [1.29, 1.82) is 0 Å². The molecule has 0 bridgehead atoms. The van der Waals surface area contributed by atoms with Crippen LogP contribution in [0.1, 0.15) is 13.8 Å². The maximum atomic E-state index is 6.29. The van der Waals surface area contributed by atoms with Gasteiger partial charge in [-0.25, -0.2) is 0 Å². The summed E-state index contributed by atoms with van der Waals surface area (Å²) < 4.78 is 0. The van der Waals surface area contributed by atoms with E-state index in [0.717, 1.165) is 29.5 Å². The number of hydrogen-bond acceptors (Lipinski definition) is 4. The van der Waals surface area contributed by atoms with Gasteiger partial charge in [0.15, 0.2) is 0 Å². The predicted molar refractivity (Wildman–Crippen MR) is 84.4 cm³/mol. The highest BCUT2D eigenvalue weighted by Crippen LogP contribution is 2.29. The second-order valence-electron chi connectivity index (χ2n) is 3.71. The largest absolute Gasteiger partial charge is 0.371 e. The van der Waals surface area contributed by atoms with Gasteiger partial charge < -0.3 is 16.0 Å². The summed E-state index contributed by atoms with van der Waals surface area (Å²) in [6, 6.07) is 5.91. The molecule has 0 saturated carbocycles. The molecule has 1 aromatic rings. The van der Waals surface area contributed by atoms with Crippen LogP contribution in [-0.2, 0) is 0 Å². The van der Waals surface area contributed by atoms with E-state index < -0.39 is 0 Å². The van der Waals surface area contributed by atoms with Gasteiger partial charge in [-0.15, -0.1) is 0 Å². The van der Waals surface area contributed by atoms with E-state index in [1.165, 1.54) is 11.8 Å². The molecule has 3 nitrogen and oxygen atoms in total. The molecule has 1 atom stereocenters. The molecule has 18 heavy (non-hydrogen) atoms. The zero-order valence-electron chi connectivity index (χ0n) is 10.8. The van der Waals surface area contributed by atoms with E-state index >= 15 is 0 Å². The van der Waals surface area contributed by atoms with Crippen LogP contribution in [0.15, 0.2) is 30.2 Å². The van der Waals surface area contributed by atoms with E-state index in [0.29, 0.717) is 0 Å². The molecular weight excluding hydrogens is 266 g/mol. The fourth-order valence-corrected chi connectivity index (χ4v) is 2.43. The van der Waals surface area contributed by atoms with Crippen LogP contribution in [-0.4, -0.2) is 18.6 Å². The van der Waals surface area contributed by atoms with Crippen LogP contribution in [0.25, 0.3) is 0 Å². The van der Waals surface area contributed by atoms with E-state index in [4.69, 9.17) is 17.3 Å². The first-order chi connectivity index (χ1) is 8.62. The highest BCUT2D eigenvalue weighted by atomic mass is 35.5. The molecule has 5 heteroatoms. The predicted octanol–water partition coefficient (Wildman–Crippen LogP) is 3.72. The summed E-state index contributed by atoms with van der Waals surface area (Å²) in [6.45, 7) is 9.74. The van der Waals surface area contributed by atoms with Gasteiger partial charge in [0.2, 0.25) is 0 Å². The number of rotatable bonds is 7. The SMILES string of the molecule is C=CSC(N)Nc1ccc(N(CC)CC)c(Cl)c1. The molecule has 0 aliphatic carbocycles. The summed E-state index contributed by atoms with van der Waals surface area (Å²) in [5, 5.41) is 5.60. The molecule has 0 aliphatic rings. The normalized spacial score (nSPS) is 12.0. The van der Waals surface area contributed by atoms with Crippen molar-refractivity contribution in [3.63, 3.8) is 0 Å². The number of anilines is 2. The minimum absolute atomic E-state index is 0.210. The first-order valence-electron chi connectivity index (χ1n) is 5.95. The Kier molecular flexibility index (Phi) is 6.39. The number of thioether (sulfide) groups is 1. The van der Waals surface area contributed by atoms with Gasteiger partial charge in [0.25, 0.3) is 0 Å². The van der Waals surface area contributed by atoms with Gasteiger partial charge in [-0.2, -0.15) is 0 Å². The maximum Gasteiger partial charge on any atom is 0.127 e. The summed E-state index contributed by atoms with van der Waals surface area (Å²) in [7, 11) is 0. The second kappa shape index (κ2) is 7.56. The molecule has 0 fully saturated rings. The zero-order valence-corrected chi connectivity index (χ0v) is 12.4. The quantitative estimate of drug-likeness (QED) is 0.749. The van der Waals surface area contributed by atoms with Gasteiger partial charge in [-0.1, -0.05) is 29.9 Å². The van der Waals surface area contributed by atoms with Crippen molar-refractivity contribution in [2.24, 2.45) is 5.73 Å². The highest BCUT2D eigenvalue weighted by molar-refractivity contribution is 8.02. The molecule has 3 N–H and O–H groups in total. The third-order valence-corrected chi connectivity index (χ3v) is 3.51. The monoisotopic (exact) mass is 285 g/mol.